The SMILES string of the molecule is CCN(C)C(=O)CNc1cnn(CC(F)(F)F)c(=O)c1Cl. The van der Waals surface area contributed by atoms with Crippen molar-refractivity contribution in [3.05, 3.63) is 21.6 Å². The maximum absolute atomic E-state index is 12.2. The number of carbonyl (C=O) groups is 1. The van der Waals surface area contributed by atoms with Crippen molar-refractivity contribution in [1.82, 2.24) is 14.7 Å². The Kier molecular flexibility index (Phi) is 5.59. The van der Waals surface area contributed by atoms with Crippen molar-refractivity contribution < 1.29 is 18.0 Å². The Morgan fingerprint density at radius 3 is 2.67 bits per heavy atom. The Morgan fingerprint density at radius 2 is 2.14 bits per heavy atom. The zero-order valence-corrected chi connectivity index (χ0v) is 12.1. The summed E-state index contributed by atoms with van der Waals surface area (Å²) in [5.74, 6) is -0.256. The van der Waals surface area contributed by atoms with Crippen molar-refractivity contribution in [1.29, 1.82) is 0 Å². The molecule has 10 heteroatoms. The fraction of sp³-hybridized carbons (Fsp3) is 0.545. The Hall–Kier alpha value is -1.77. The summed E-state index contributed by atoms with van der Waals surface area (Å²) in [6.45, 7) is 0.613. The normalized spacial score (nSPS) is 11.3. The van der Waals surface area contributed by atoms with Gasteiger partial charge in [-0.25, -0.2) is 4.68 Å². The van der Waals surface area contributed by atoms with Crippen LogP contribution in [0.2, 0.25) is 5.02 Å². The van der Waals surface area contributed by atoms with Crippen LogP contribution in [0.4, 0.5) is 18.9 Å². The third-order valence-corrected chi connectivity index (χ3v) is 3.01. The number of aromatic nitrogens is 2. The quantitative estimate of drug-likeness (QED) is 0.887. The number of rotatable bonds is 5. The van der Waals surface area contributed by atoms with Crippen LogP contribution < -0.4 is 10.9 Å². The van der Waals surface area contributed by atoms with Crippen LogP contribution in [0.3, 0.4) is 0 Å². The van der Waals surface area contributed by atoms with Gasteiger partial charge in [0.1, 0.15) is 11.6 Å². The highest BCUT2D eigenvalue weighted by atomic mass is 35.5. The van der Waals surface area contributed by atoms with E-state index in [0.717, 1.165) is 6.20 Å². The van der Waals surface area contributed by atoms with Crippen molar-refractivity contribution in [2.45, 2.75) is 19.6 Å². The van der Waals surface area contributed by atoms with E-state index in [9.17, 15) is 22.8 Å². The second-order valence-corrected chi connectivity index (χ2v) is 4.59. The Bertz CT molecular complexity index is 574. The fourth-order valence-electron chi connectivity index (χ4n) is 1.35. The van der Waals surface area contributed by atoms with E-state index in [1.54, 1.807) is 14.0 Å². The highest BCUT2D eigenvalue weighted by Gasteiger charge is 2.29. The standard InChI is InChI=1S/C11H14ClF3N4O2/c1-3-18(2)8(20)5-16-7-4-17-19(6-11(13,14)15)10(21)9(7)12/h4,16H,3,5-6H2,1-2H3. The summed E-state index contributed by atoms with van der Waals surface area (Å²) in [6, 6.07) is 0. The largest absolute Gasteiger partial charge is 0.408 e. The van der Waals surface area contributed by atoms with Crippen LogP contribution in [0.1, 0.15) is 6.92 Å². The van der Waals surface area contributed by atoms with Gasteiger partial charge in [-0.3, -0.25) is 9.59 Å². The zero-order valence-electron chi connectivity index (χ0n) is 11.4. The molecule has 0 aliphatic rings. The first-order valence-electron chi connectivity index (χ1n) is 5.96. The van der Waals surface area contributed by atoms with Crippen LogP contribution in [-0.4, -0.2) is 46.9 Å². The summed E-state index contributed by atoms with van der Waals surface area (Å²) in [4.78, 5) is 24.6. The van der Waals surface area contributed by atoms with Crippen molar-refractivity contribution in [2.75, 3.05) is 25.5 Å². The average Bonchev–Trinajstić information content (AvgIpc) is 2.40. The van der Waals surface area contributed by atoms with Crippen LogP contribution in [0.15, 0.2) is 11.0 Å². The van der Waals surface area contributed by atoms with Gasteiger partial charge in [-0.2, -0.15) is 18.3 Å². The Morgan fingerprint density at radius 1 is 1.52 bits per heavy atom. The minimum atomic E-state index is -4.57. The van der Waals surface area contributed by atoms with Gasteiger partial charge in [0.05, 0.1) is 18.4 Å². The predicted molar refractivity (Wildman–Crippen MR) is 71.4 cm³/mol. The van der Waals surface area contributed by atoms with E-state index >= 15 is 0 Å². The van der Waals surface area contributed by atoms with Crippen molar-refractivity contribution in [3.63, 3.8) is 0 Å². The van der Waals surface area contributed by atoms with E-state index in [-0.39, 0.29) is 22.8 Å². The summed E-state index contributed by atoms with van der Waals surface area (Å²) in [5.41, 5.74) is -1.06. The molecule has 1 aromatic heterocycles. The van der Waals surface area contributed by atoms with Crippen LogP contribution in [0, 0.1) is 0 Å². The smallest absolute Gasteiger partial charge is 0.373 e. The number of nitrogens with zero attached hydrogens (tertiary/aromatic N) is 3. The molecule has 0 aromatic carbocycles. The molecule has 0 unspecified atom stereocenters. The third kappa shape index (κ3) is 4.92. The van der Waals surface area contributed by atoms with E-state index in [4.69, 9.17) is 11.6 Å². The number of hydrogen-bond acceptors (Lipinski definition) is 4. The number of carbonyl (C=O) groups excluding carboxylic acids is 1. The van der Waals surface area contributed by atoms with Crippen LogP contribution in [0.5, 0.6) is 0 Å². The highest BCUT2D eigenvalue weighted by Crippen LogP contribution is 2.18. The van der Waals surface area contributed by atoms with Gasteiger partial charge in [-0.05, 0) is 6.92 Å². The van der Waals surface area contributed by atoms with Crippen LogP contribution in [0.25, 0.3) is 0 Å². The van der Waals surface area contributed by atoms with Gasteiger partial charge in [0.25, 0.3) is 5.56 Å². The molecule has 21 heavy (non-hydrogen) atoms. The molecule has 0 aliphatic heterocycles. The number of amides is 1. The molecule has 0 fully saturated rings. The van der Waals surface area contributed by atoms with E-state index in [0.29, 0.717) is 6.54 Å². The van der Waals surface area contributed by atoms with Gasteiger partial charge in [0.2, 0.25) is 5.91 Å². The molecule has 0 atom stereocenters. The molecule has 1 heterocycles. The lowest BCUT2D eigenvalue weighted by molar-refractivity contribution is -0.143. The maximum atomic E-state index is 12.2. The minimum absolute atomic E-state index is 0.0120. The first-order chi connectivity index (χ1) is 9.65. The number of anilines is 1. The Labute approximate surface area is 123 Å². The van der Waals surface area contributed by atoms with Crippen molar-refractivity contribution in [3.8, 4) is 0 Å². The molecule has 0 saturated heterocycles. The number of likely N-dealkylation sites (N-methyl/N-ethyl adjacent to an activating group) is 1. The second-order valence-electron chi connectivity index (χ2n) is 4.21. The molecule has 1 amide bonds. The van der Waals surface area contributed by atoms with Gasteiger partial charge in [-0.1, -0.05) is 11.6 Å². The molecule has 1 aromatic rings. The lowest BCUT2D eigenvalue weighted by Gasteiger charge is -2.16. The van der Waals surface area contributed by atoms with Gasteiger partial charge in [0.15, 0.2) is 0 Å². The molecular weight excluding hydrogens is 313 g/mol. The van der Waals surface area contributed by atoms with Crippen LogP contribution in [-0.2, 0) is 11.3 Å². The van der Waals surface area contributed by atoms with Gasteiger partial charge in [-0.15, -0.1) is 0 Å². The highest BCUT2D eigenvalue weighted by molar-refractivity contribution is 6.33. The van der Waals surface area contributed by atoms with E-state index in [1.807, 2.05) is 0 Å². The number of hydrogen-bond donors (Lipinski definition) is 1. The lowest BCUT2D eigenvalue weighted by Crippen LogP contribution is -2.33. The average molecular weight is 327 g/mol. The molecule has 0 saturated carbocycles. The zero-order chi connectivity index (χ0) is 16.2. The molecule has 0 aliphatic carbocycles. The minimum Gasteiger partial charge on any atom is -0.373 e. The second kappa shape index (κ2) is 6.79. The molecule has 6 nitrogen and oxygen atoms in total. The summed E-state index contributed by atoms with van der Waals surface area (Å²) in [7, 11) is 1.59. The Balaban J connectivity index is 2.85. The molecule has 1 N–H and O–H groups in total. The van der Waals surface area contributed by atoms with Gasteiger partial charge < -0.3 is 10.2 Å². The van der Waals surface area contributed by atoms with Crippen LogP contribution >= 0.6 is 11.6 Å². The number of alkyl halides is 3. The first kappa shape index (κ1) is 17.3. The summed E-state index contributed by atoms with van der Waals surface area (Å²) in [5, 5.41) is 5.51. The van der Waals surface area contributed by atoms with Crippen molar-refractivity contribution in [2.24, 2.45) is 0 Å². The molecular formula is C11H14ClF3N4O2. The van der Waals surface area contributed by atoms with Crippen molar-refractivity contribution >= 4 is 23.2 Å². The number of nitrogens with one attached hydrogen (secondary N) is 1. The molecule has 1 rings (SSSR count). The predicted octanol–water partition coefficient (Wildman–Crippen LogP) is 1.35. The monoisotopic (exact) mass is 326 g/mol. The third-order valence-electron chi connectivity index (χ3n) is 2.64. The molecule has 118 valence electrons. The molecule has 0 spiro atoms. The van der Waals surface area contributed by atoms with E-state index < -0.39 is 23.3 Å². The lowest BCUT2D eigenvalue weighted by atomic mass is 10.4. The first-order valence-corrected chi connectivity index (χ1v) is 6.33. The molecule has 0 bridgehead atoms. The summed E-state index contributed by atoms with van der Waals surface area (Å²) < 4.78 is 36.9. The topological polar surface area (TPSA) is 67.2 Å². The van der Waals surface area contributed by atoms with Gasteiger partial charge in [0, 0.05) is 13.6 Å². The van der Waals surface area contributed by atoms with Gasteiger partial charge >= 0.3 is 6.18 Å². The van der Waals surface area contributed by atoms with E-state index in [1.165, 1.54) is 4.90 Å². The summed E-state index contributed by atoms with van der Waals surface area (Å²) in [6.07, 6.45) is -3.59. The maximum Gasteiger partial charge on any atom is 0.408 e. The fourth-order valence-corrected chi connectivity index (χ4v) is 1.57. The molecule has 0 radical (unpaired) electrons. The summed E-state index contributed by atoms with van der Waals surface area (Å²) >= 11 is 5.70. The van der Waals surface area contributed by atoms with E-state index in [2.05, 4.69) is 10.4 Å². The number of halogens is 4.